The molecule has 0 aliphatic rings. The topological polar surface area (TPSA) is 42.8 Å². The molecule has 8 heteroatoms. The molecule has 0 saturated heterocycles. The summed E-state index contributed by atoms with van der Waals surface area (Å²) in [5.41, 5.74) is 2.48. The van der Waals surface area contributed by atoms with E-state index >= 15 is 0 Å². The molecule has 0 radical (unpaired) electrons. The van der Waals surface area contributed by atoms with Gasteiger partial charge in [0.2, 0.25) is 0 Å². The number of benzene rings is 2. The number of hydrogen-bond acceptors (Lipinski definition) is 4. The van der Waals surface area contributed by atoms with Crippen LogP contribution in [0.4, 0.5) is 23.2 Å². The molecule has 0 aliphatic carbocycles. The Morgan fingerprint density at radius 3 is 2.61 bits per heavy atom. The van der Waals surface area contributed by atoms with Crippen molar-refractivity contribution in [1.29, 1.82) is 0 Å². The molecule has 0 amide bonds. The van der Waals surface area contributed by atoms with Gasteiger partial charge < -0.3 is 9.47 Å². The van der Waals surface area contributed by atoms with Crippen LogP contribution in [0.2, 0.25) is 0 Å². The van der Waals surface area contributed by atoms with Crippen LogP contribution in [0.15, 0.2) is 41.5 Å². The van der Waals surface area contributed by atoms with Crippen LogP contribution in [0.3, 0.4) is 0 Å². The number of methoxy groups -OCH3 is 1. The third-order valence-electron chi connectivity index (χ3n) is 2.76. The molecule has 2 rings (SSSR count). The van der Waals surface area contributed by atoms with Crippen molar-refractivity contribution < 1.29 is 27.0 Å². The van der Waals surface area contributed by atoms with Crippen LogP contribution in [0.5, 0.6) is 11.5 Å². The number of ether oxygens (including phenoxy) is 2. The molecule has 23 heavy (non-hydrogen) atoms. The molecular weight excluding hydrogens is 316 g/mol. The van der Waals surface area contributed by atoms with E-state index in [1.165, 1.54) is 19.2 Å². The fourth-order valence-corrected chi connectivity index (χ4v) is 1.76. The molecule has 0 saturated carbocycles. The fraction of sp³-hybridized carbons (Fsp3) is 0.133. The lowest BCUT2D eigenvalue weighted by molar-refractivity contribution is -0.0513. The molecule has 0 fully saturated rings. The fourth-order valence-electron chi connectivity index (χ4n) is 1.76. The maximum atomic E-state index is 13.4. The van der Waals surface area contributed by atoms with E-state index in [9.17, 15) is 17.6 Å². The summed E-state index contributed by atoms with van der Waals surface area (Å²) in [6, 6.07) is 7.36. The van der Waals surface area contributed by atoms with Crippen molar-refractivity contribution in [3.8, 4) is 11.5 Å². The number of hydrazone groups is 1. The average molecular weight is 328 g/mol. The number of para-hydroxylation sites is 1. The maximum Gasteiger partial charge on any atom is 0.387 e. The van der Waals surface area contributed by atoms with Gasteiger partial charge in [0.15, 0.2) is 17.3 Å². The van der Waals surface area contributed by atoms with Gasteiger partial charge in [-0.3, -0.25) is 5.43 Å². The van der Waals surface area contributed by atoms with Crippen LogP contribution >= 0.6 is 0 Å². The van der Waals surface area contributed by atoms with Crippen LogP contribution in [0.25, 0.3) is 0 Å². The molecule has 0 aliphatic heterocycles. The molecule has 122 valence electrons. The first kappa shape index (κ1) is 16.6. The molecule has 0 heterocycles. The molecule has 2 aromatic carbocycles. The zero-order valence-electron chi connectivity index (χ0n) is 11.9. The number of halogens is 4. The summed E-state index contributed by atoms with van der Waals surface area (Å²) in [6.07, 6.45) is 1.16. The number of nitrogens with one attached hydrogen (secondary N) is 1. The summed E-state index contributed by atoms with van der Waals surface area (Å²) < 4.78 is 60.5. The zero-order chi connectivity index (χ0) is 16.8. The summed E-state index contributed by atoms with van der Waals surface area (Å²) in [5.74, 6) is -1.66. The van der Waals surface area contributed by atoms with Crippen molar-refractivity contribution >= 4 is 11.9 Å². The average Bonchev–Trinajstić information content (AvgIpc) is 2.50. The lowest BCUT2D eigenvalue weighted by atomic mass is 10.2. The third kappa shape index (κ3) is 4.35. The monoisotopic (exact) mass is 328 g/mol. The Morgan fingerprint density at radius 2 is 1.96 bits per heavy atom. The van der Waals surface area contributed by atoms with Gasteiger partial charge in [-0.25, -0.2) is 8.78 Å². The maximum absolute atomic E-state index is 13.4. The van der Waals surface area contributed by atoms with Gasteiger partial charge in [-0.15, -0.1) is 0 Å². The Hall–Kier alpha value is -2.77. The van der Waals surface area contributed by atoms with E-state index in [-0.39, 0.29) is 22.7 Å². The van der Waals surface area contributed by atoms with E-state index in [2.05, 4.69) is 15.3 Å². The lowest BCUT2D eigenvalue weighted by Gasteiger charge is -2.12. The predicted octanol–water partition coefficient (Wildman–Crippen LogP) is 4.02. The number of hydrogen-bond donors (Lipinski definition) is 1. The molecule has 0 bridgehead atoms. The number of alkyl halides is 2. The van der Waals surface area contributed by atoms with E-state index in [0.29, 0.717) is 6.07 Å². The van der Waals surface area contributed by atoms with E-state index in [1.54, 1.807) is 6.07 Å². The second-order valence-corrected chi connectivity index (χ2v) is 4.25. The Balaban J connectivity index is 2.21. The van der Waals surface area contributed by atoms with Gasteiger partial charge in [-0.2, -0.15) is 13.9 Å². The highest BCUT2D eigenvalue weighted by Gasteiger charge is 2.14. The lowest BCUT2D eigenvalue weighted by Crippen LogP contribution is -2.06. The predicted molar refractivity (Wildman–Crippen MR) is 77.2 cm³/mol. The van der Waals surface area contributed by atoms with Gasteiger partial charge in [0.05, 0.1) is 19.0 Å². The highest BCUT2D eigenvalue weighted by Crippen LogP contribution is 2.31. The standard InChI is InChI=1S/C15H12F4N2O2/c1-22-13-4-2-3-9(14(13)23-15(18)19)8-20-21-12-6-5-10(16)7-11(12)17/h2-8,15,21H,1H3/b20-8-. The van der Waals surface area contributed by atoms with E-state index in [4.69, 9.17) is 4.74 Å². The first-order chi connectivity index (χ1) is 11.0. The van der Waals surface area contributed by atoms with Crippen LogP contribution < -0.4 is 14.9 Å². The smallest absolute Gasteiger partial charge is 0.387 e. The SMILES string of the molecule is COc1cccc(/C=N\Nc2ccc(F)cc2F)c1OC(F)F. The molecule has 0 unspecified atom stereocenters. The van der Waals surface area contributed by atoms with Crippen molar-refractivity contribution in [2.24, 2.45) is 5.10 Å². The van der Waals surface area contributed by atoms with Crippen LogP contribution in [-0.4, -0.2) is 19.9 Å². The van der Waals surface area contributed by atoms with E-state index in [0.717, 1.165) is 18.3 Å². The minimum atomic E-state index is -3.04. The quantitative estimate of drug-likeness (QED) is 0.495. The van der Waals surface area contributed by atoms with Crippen molar-refractivity contribution in [3.63, 3.8) is 0 Å². The van der Waals surface area contributed by atoms with Crippen LogP contribution in [0, 0.1) is 11.6 Å². The van der Waals surface area contributed by atoms with E-state index in [1.807, 2.05) is 0 Å². The van der Waals surface area contributed by atoms with Gasteiger partial charge in [0.25, 0.3) is 0 Å². The number of rotatable bonds is 6. The summed E-state index contributed by atoms with van der Waals surface area (Å²) in [6.45, 7) is -3.04. The molecule has 4 nitrogen and oxygen atoms in total. The molecule has 0 aromatic heterocycles. The Morgan fingerprint density at radius 1 is 1.17 bits per heavy atom. The summed E-state index contributed by atoms with van der Waals surface area (Å²) in [7, 11) is 1.31. The van der Waals surface area contributed by atoms with Gasteiger partial charge in [0.1, 0.15) is 5.82 Å². The summed E-state index contributed by atoms with van der Waals surface area (Å²) in [5, 5.41) is 3.73. The molecule has 2 aromatic rings. The Kier molecular flexibility index (Phi) is 5.40. The molecule has 1 N–H and O–H groups in total. The minimum Gasteiger partial charge on any atom is -0.493 e. The highest BCUT2D eigenvalue weighted by molar-refractivity contribution is 5.85. The Bertz CT molecular complexity index is 708. The normalized spacial score (nSPS) is 11.0. The van der Waals surface area contributed by atoms with Crippen LogP contribution in [-0.2, 0) is 0 Å². The first-order valence-electron chi connectivity index (χ1n) is 6.37. The second kappa shape index (κ2) is 7.48. The molecule has 0 spiro atoms. The van der Waals surface area contributed by atoms with Gasteiger partial charge in [-0.05, 0) is 24.3 Å². The van der Waals surface area contributed by atoms with Crippen molar-refractivity contribution in [3.05, 3.63) is 53.6 Å². The number of anilines is 1. The number of nitrogens with zero attached hydrogens (tertiary/aromatic N) is 1. The summed E-state index contributed by atoms with van der Waals surface area (Å²) in [4.78, 5) is 0. The minimum absolute atomic E-state index is 0.0677. The zero-order valence-corrected chi connectivity index (χ0v) is 11.9. The third-order valence-corrected chi connectivity index (χ3v) is 2.76. The molecule has 0 atom stereocenters. The second-order valence-electron chi connectivity index (χ2n) is 4.25. The van der Waals surface area contributed by atoms with Crippen LogP contribution in [0.1, 0.15) is 5.56 Å². The van der Waals surface area contributed by atoms with Gasteiger partial charge in [0, 0.05) is 11.6 Å². The largest absolute Gasteiger partial charge is 0.493 e. The first-order valence-corrected chi connectivity index (χ1v) is 6.37. The molecular formula is C15H12F4N2O2. The van der Waals surface area contributed by atoms with Crippen molar-refractivity contribution in [1.82, 2.24) is 0 Å². The van der Waals surface area contributed by atoms with Gasteiger partial charge in [-0.1, -0.05) is 6.07 Å². The summed E-state index contributed by atoms with van der Waals surface area (Å²) >= 11 is 0. The van der Waals surface area contributed by atoms with Crippen molar-refractivity contribution in [2.45, 2.75) is 6.61 Å². The van der Waals surface area contributed by atoms with E-state index < -0.39 is 18.2 Å². The van der Waals surface area contributed by atoms with Crippen molar-refractivity contribution in [2.75, 3.05) is 12.5 Å². The van der Waals surface area contributed by atoms with Gasteiger partial charge >= 0.3 is 6.61 Å². The Labute approximate surface area is 129 Å². The highest BCUT2D eigenvalue weighted by atomic mass is 19.3.